The Kier molecular flexibility index (Phi) is 4.46. The number of ether oxygens (including phenoxy) is 3. The highest BCUT2D eigenvalue weighted by Crippen LogP contribution is 2.32. The fourth-order valence-corrected chi connectivity index (χ4v) is 1.78. The molecule has 0 saturated carbocycles. The predicted molar refractivity (Wildman–Crippen MR) is 69.3 cm³/mol. The molecule has 0 unspecified atom stereocenters. The van der Waals surface area contributed by atoms with E-state index in [9.17, 15) is 4.79 Å². The lowest BCUT2D eigenvalue weighted by Gasteiger charge is -2.18. The summed E-state index contributed by atoms with van der Waals surface area (Å²) in [4.78, 5) is 13.4. The van der Waals surface area contributed by atoms with Crippen LogP contribution in [-0.4, -0.2) is 45.0 Å². The van der Waals surface area contributed by atoms with E-state index < -0.39 is 0 Å². The zero-order valence-electron chi connectivity index (χ0n) is 11.1. The third-order valence-electron chi connectivity index (χ3n) is 2.79. The Balaban J connectivity index is 1.88. The number of rotatable bonds is 5. The Morgan fingerprint density at radius 2 is 2.21 bits per heavy atom. The van der Waals surface area contributed by atoms with Crippen molar-refractivity contribution in [2.45, 2.75) is 6.54 Å². The Hall–Kier alpha value is -1.95. The lowest BCUT2D eigenvalue weighted by molar-refractivity contribution is 0.173. The van der Waals surface area contributed by atoms with Gasteiger partial charge < -0.3 is 24.4 Å². The van der Waals surface area contributed by atoms with Crippen LogP contribution in [0.15, 0.2) is 18.2 Å². The van der Waals surface area contributed by atoms with Gasteiger partial charge in [-0.1, -0.05) is 6.07 Å². The largest absolute Gasteiger partial charge is 0.454 e. The van der Waals surface area contributed by atoms with Gasteiger partial charge in [0.1, 0.15) is 0 Å². The van der Waals surface area contributed by atoms with Crippen LogP contribution < -0.4 is 14.8 Å². The molecular weight excluding hydrogens is 248 g/mol. The molecule has 1 aliphatic rings. The highest BCUT2D eigenvalue weighted by molar-refractivity contribution is 5.73. The van der Waals surface area contributed by atoms with Gasteiger partial charge in [-0.05, 0) is 17.7 Å². The Morgan fingerprint density at radius 3 is 3.00 bits per heavy atom. The highest BCUT2D eigenvalue weighted by Gasteiger charge is 2.15. The molecule has 0 radical (unpaired) electrons. The number of amides is 2. The molecule has 0 atom stereocenters. The van der Waals surface area contributed by atoms with Gasteiger partial charge in [-0.15, -0.1) is 0 Å². The lowest BCUT2D eigenvalue weighted by atomic mass is 10.2. The normalized spacial score (nSPS) is 12.3. The van der Waals surface area contributed by atoms with Crippen LogP contribution in [0.2, 0.25) is 0 Å². The minimum absolute atomic E-state index is 0.130. The number of carbonyl (C=O) groups is 1. The first kappa shape index (κ1) is 13.5. The van der Waals surface area contributed by atoms with Gasteiger partial charge in [-0.2, -0.15) is 0 Å². The van der Waals surface area contributed by atoms with Crippen molar-refractivity contribution in [3.63, 3.8) is 0 Å². The number of urea groups is 1. The molecule has 1 aromatic rings. The summed E-state index contributed by atoms with van der Waals surface area (Å²) in [5.41, 5.74) is 0.994. The van der Waals surface area contributed by atoms with Crippen molar-refractivity contribution >= 4 is 6.03 Å². The molecule has 104 valence electrons. The lowest BCUT2D eigenvalue weighted by Crippen LogP contribution is -2.38. The molecule has 0 aliphatic carbocycles. The second-order valence-electron chi connectivity index (χ2n) is 4.27. The molecule has 6 heteroatoms. The van der Waals surface area contributed by atoms with E-state index in [4.69, 9.17) is 14.2 Å². The monoisotopic (exact) mass is 266 g/mol. The van der Waals surface area contributed by atoms with Crippen molar-refractivity contribution in [1.82, 2.24) is 10.2 Å². The Bertz CT molecular complexity index is 450. The summed E-state index contributed by atoms with van der Waals surface area (Å²) in [5, 5.41) is 2.76. The number of nitrogens with one attached hydrogen (secondary N) is 1. The second-order valence-corrected chi connectivity index (χ2v) is 4.27. The van der Waals surface area contributed by atoms with E-state index in [1.807, 2.05) is 18.2 Å². The zero-order chi connectivity index (χ0) is 13.7. The average Bonchev–Trinajstić information content (AvgIpc) is 2.86. The minimum Gasteiger partial charge on any atom is -0.454 e. The molecule has 2 rings (SSSR count). The van der Waals surface area contributed by atoms with Crippen LogP contribution in [0.1, 0.15) is 5.56 Å². The van der Waals surface area contributed by atoms with E-state index in [0.29, 0.717) is 19.7 Å². The molecule has 0 bridgehead atoms. The first-order valence-electron chi connectivity index (χ1n) is 6.07. The van der Waals surface area contributed by atoms with Crippen LogP contribution in [-0.2, 0) is 11.3 Å². The van der Waals surface area contributed by atoms with Crippen LogP contribution in [0.4, 0.5) is 4.79 Å². The maximum atomic E-state index is 11.8. The van der Waals surface area contributed by atoms with Gasteiger partial charge in [-0.3, -0.25) is 0 Å². The standard InChI is InChI=1S/C13H18N2O4/c1-15(13(16)14-5-6-17-2)8-10-3-4-11-12(7-10)19-9-18-11/h3-4,7H,5-6,8-9H2,1-2H3,(H,14,16). The van der Waals surface area contributed by atoms with E-state index in [-0.39, 0.29) is 12.8 Å². The van der Waals surface area contributed by atoms with Gasteiger partial charge in [0.15, 0.2) is 11.5 Å². The average molecular weight is 266 g/mol. The van der Waals surface area contributed by atoms with Crippen LogP contribution in [0.25, 0.3) is 0 Å². The maximum Gasteiger partial charge on any atom is 0.317 e. The van der Waals surface area contributed by atoms with Gasteiger partial charge >= 0.3 is 6.03 Å². The van der Waals surface area contributed by atoms with Gasteiger partial charge in [0, 0.05) is 27.2 Å². The first-order chi connectivity index (χ1) is 9.20. The first-order valence-corrected chi connectivity index (χ1v) is 6.07. The van der Waals surface area contributed by atoms with Crippen LogP contribution >= 0.6 is 0 Å². The van der Waals surface area contributed by atoms with Crippen molar-refractivity contribution in [3.05, 3.63) is 23.8 Å². The summed E-state index contributed by atoms with van der Waals surface area (Å²) >= 11 is 0. The molecule has 0 fully saturated rings. The van der Waals surface area contributed by atoms with Gasteiger partial charge in [-0.25, -0.2) is 4.79 Å². The van der Waals surface area contributed by atoms with E-state index in [1.165, 1.54) is 0 Å². The summed E-state index contributed by atoms with van der Waals surface area (Å²) in [6, 6.07) is 5.54. The van der Waals surface area contributed by atoms with Crippen molar-refractivity contribution < 1.29 is 19.0 Å². The molecule has 2 amide bonds. The van der Waals surface area contributed by atoms with Crippen molar-refractivity contribution in [2.75, 3.05) is 34.1 Å². The third-order valence-corrected chi connectivity index (χ3v) is 2.79. The number of methoxy groups -OCH3 is 1. The molecule has 1 aliphatic heterocycles. The van der Waals surface area contributed by atoms with E-state index in [1.54, 1.807) is 19.1 Å². The van der Waals surface area contributed by atoms with Gasteiger partial charge in [0.2, 0.25) is 6.79 Å². The van der Waals surface area contributed by atoms with Gasteiger partial charge in [0.25, 0.3) is 0 Å². The highest BCUT2D eigenvalue weighted by atomic mass is 16.7. The number of carbonyl (C=O) groups excluding carboxylic acids is 1. The molecular formula is C13H18N2O4. The topological polar surface area (TPSA) is 60.0 Å². The number of hydrogen-bond donors (Lipinski definition) is 1. The molecule has 1 aromatic carbocycles. The number of nitrogens with zero attached hydrogens (tertiary/aromatic N) is 1. The zero-order valence-corrected chi connectivity index (χ0v) is 11.1. The summed E-state index contributed by atoms with van der Waals surface area (Å²) < 4.78 is 15.4. The molecule has 6 nitrogen and oxygen atoms in total. The van der Waals surface area contributed by atoms with Crippen LogP contribution in [0.3, 0.4) is 0 Å². The summed E-state index contributed by atoms with van der Waals surface area (Å²) in [6.07, 6.45) is 0. The summed E-state index contributed by atoms with van der Waals surface area (Å²) in [6.45, 7) is 1.77. The maximum absolute atomic E-state index is 11.8. The quantitative estimate of drug-likeness (QED) is 0.814. The molecule has 1 heterocycles. The van der Waals surface area contributed by atoms with E-state index in [0.717, 1.165) is 17.1 Å². The predicted octanol–water partition coefficient (Wildman–Crippen LogP) is 1.20. The molecule has 0 spiro atoms. The molecule has 1 N–H and O–H groups in total. The smallest absolute Gasteiger partial charge is 0.317 e. The Labute approximate surface area is 112 Å². The van der Waals surface area contributed by atoms with Crippen LogP contribution in [0.5, 0.6) is 11.5 Å². The third kappa shape index (κ3) is 3.51. The summed E-state index contributed by atoms with van der Waals surface area (Å²) in [7, 11) is 3.34. The number of fused-ring (bicyclic) bond motifs is 1. The fraction of sp³-hybridized carbons (Fsp3) is 0.462. The fourth-order valence-electron chi connectivity index (χ4n) is 1.78. The summed E-state index contributed by atoms with van der Waals surface area (Å²) in [5.74, 6) is 1.47. The van der Waals surface area contributed by atoms with Crippen molar-refractivity contribution in [2.24, 2.45) is 0 Å². The molecule has 19 heavy (non-hydrogen) atoms. The van der Waals surface area contributed by atoms with Gasteiger partial charge in [0.05, 0.1) is 6.61 Å². The number of benzene rings is 1. The van der Waals surface area contributed by atoms with Crippen molar-refractivity contribution in [1.29, 1.82) is 0 Å². The molecule has 0 saturated heterocycles. The Morgan fingerprint density at radius 1 is 1.42 bits per heavy atom. The molecule has 0 aromatic heterocycles. The number of hydrogen-bond acceptors (Lipinski definition) is 4. The van der Waals surface area contributed by atoms with E-state index in [2.05, 4.69) is 5.32 Å². The second kappa shape index (κ2) is 6.29. The SMILES string of the molecule is COCCNC(=O)N(C)Cc1ccc2c(c1)OCO2. The van der Waals surface area contributed by atoms with E-state index >= 15 is 0 Å². The van der Waals surface area contributed by atoms with Crippen molar-refractivity contribution in [3.8, 4) is 11.5 Å². The van der Waals surface area contributed by atoms with Crippen LogP contribution in [0, 0.1) is 0 Å². The minimum atomic E-state index is -0.130.